The van der Waals surface area contributed by atoms with Gasteiger partial charge in [0.15, 0.2) is 0 Å². The number of carbonyl (C=O) groups is 2. The van der Waals surface area contributed by atoms with Crippen LogP contribution >= 0.6 is 0 Å². The molecular formula is C15H28N4O2. The maximum absolute atomic E-state index is 12.2. The Labute approximate surface area is 127 Å². The van der Waals surface area contributed by atoms with E-state index >= 15 is 0 Å². The first-order valence-corrected chi connectivity index (χ1v) is 8.16. The first kappa shape index (κ1) is 16.2. The molecule has 120 valence electrons. The van der Waals surface area contributed by atoms with Crippen molar-refractivity contribution in [2.45, 2.75) is 38.6 Å². The first-order valence-electron chi connectivity index (χ1n) is 8.16. The van der Waals surface area contributed by atoms with Gasteiger partial charge in [0.1, 0.15) is 0 Å². The molecule has 2 N–H and O–H groups in total. The van der Waals surface area contributed by atoms with Crippen LogP contribution in [0.25, 0.3) is 0 Å². The summed E-state index contributed by atoms with van der Waals surface area (Å²) in [7, 11) is 0. The van der Waals surface area contributed by atoms with Crippen LogP contribution in [0.15, 0.2) is 0 Å². The van der Waals surface area contributed by atoms with E-state index in [1.807, 2.05) is 11.8 Å². The number of hydrogen-bond acceptors (Lipinski definition) is 4. The lowest BCUT2D eigenvalue weighted by Crippen LogP contribution is -2.55. The summed E-state index contributed by atoms with van der Waals surface area (Å²) in [5.41, 5.74) is 5.88. The van der Waals surface area contributed by atoms with Crippen molar-refractivity contribution in [3.63, 3.8) is 0 Å². The molecule has 2 fully saturated rings. The molecule has 2 aliphatic heterocycles. The molecule has 2 heterocycles. The van der Waals surface area contributed by atoms with Crippen LogP contribution in [0.4, 0.5) is 0 Å². The van der Waals surface area contributed by atoms with Gasteiger partial charge in [-0.05, 0) is 32.4 Å². The van der Waals surface area contributed by atoms with Crippen molar-refractivity contribution in [2.24, 2.45) is 5.73 Å². The molecule has 2 saturated heterocycles. The smallest absolute Gasteiger partial charge is 0.239 e. The lowest BCUT2D eigenvalue weighted by molar-refractivity contribution is -0.140. The Morgan fingerprint density at radius 3 is 2.14 bits per heavy atom. The van der Waals surface area contributed by atoms with Crippen LogP contribution in [-0.2, 0) is 9.59 Å². The highest BCUT2D eigenvalue weighted by Crippen LogP contribution is 2.10. The lowest BCUT2D eigenvalue weighted by atomic mass is 10.1. The largest absolute Gasteiger partial charge is 0.338 e. The van der Waals surface area contributed by atoms with Crippen molar-refractivity contribution in [3.05, 3.63) is 0 Å². The zero-order valence-electron chi connectivity index (χ0n) is 13.1. The van der Waals surface area contributed by atoms with Crippen molar-refractivity contribution >= 4 is 11.8 Å². The van der Waals surface area contributed by atoms with E-state index in [1.54, 1.807) is 4.90 Å². The zero-order valence-corrected chi connectivity index (χ0v) is 13.1. The van der Waals surface area contributed by atoms with Gasteiger partial charge in [0.2, 0.25) is 11.8 Å². The molecule has 1 atom stereocenters. The number of piperazine rings is 1. The van der Waals surface area contributed by atoms with Gasteiger partial charge in [0, 0.05) is 26.2 Å². The van der Waals surface area contributed by atoms with Gasteiger partial charge in [-0.15, -0.1) is 0 Å². The summed E-state index contributed by atoms with van der Waals surface area (Å²) in [6.07, 6.45) is 4.05. The van der Waals surface area contributed by atoms with Gasteiger partial charge >= 0.3 is 0 Å². The van der Waals surface area contributed by atoms with Crippen LogP contribution in [0, 0.1) is 0 Å². The third kappa shape index (κ3) is 4.41. The molecule has 2 aliphatic rings. The van der Waals surface area contributed by atoms with Gasteiger partial charge in [0.25, 0.3) is 0 Å². The number of nitrogens with zero attached hydrogens (tertiary/aromatic N) is 3. The maximum Gasteiger partial charge on any atom is 0.239 e. The molecule has 21 heavy (non-hydrogen) atoms. The molecule has 0 aliphatic carbocycles. The van der Waals surface area contributed by atoms with E-state index in [1.165, 1.54) is 12.8 Å². The Morgan fingerprint density at radius 1 is 1.00 bits per heavy atom. The van der Waals surface area contributed by atoms with Crippen LogP contribution < -0.4 is 5.73 Å². The van der Waals surface area contributed by atoms with Crippen LogP contribution in [0.2, 0.25) is 0 Å². The highest BCUT2D eigenvalue weighted by molar-refractivity contribution is 5.82. The standard InChI is InChI=1S/C15H28N4O2/c1-2-5-13(16)15(21)19-10-8-18(9-11-19)14(20)12-17-6-3-4-7-17/h13H,2-12,16H2,1H3. The summed E-state index contributed by atoms with van der Waals surface area (Å²) < 4.78 is 0. The van der Waals surface area contributed by atoms with Gasteiger partial charge in [-0.1, -0.05) is 13.3 Å². The van der Waals surface area contributed by atoms with E-state index in [0.717, 1.165) is 25.9 Å². The van der Waals surface area contributed by atoms with Crippen molar-refractivity contribution in [1.29, 1.82) is 0 Å². The van der Waals surface area contributed by atoms with Gasteiger partial charge in [-0.3, -0.25) is 14.5 Å². The Bertz CT molecular complexity index is 361. The van der Waals surface area contributed by atoms with Gasteiger partial charge in [-0.2, -0.15) is 0 Å². The van der Waals surface area contributed by atoms with Crippen molar-refractivity contribution in [2.75, 3.05) is 45.8 Å². The average Bonchev–Trinajstić information content (AvgIpc) is 3.00. The van der Waals surface area contributed by atoms with Gasteiger partial charge in [0.05, 0.1) is 12.6 Å². The second kappa shape index (κ2) is 7.75. The summed E-state index contributed by atoms with van der Waals surface area (Å²) >= 11 is 0. The van der Waals surface area contributed by atoms with E-state index in [0.29, 0.717) is 32.7 Å². The fourth-order valence-corrected chi connectivity index (χ4v) is 3.08. The molecule has 1 unspecified atom stereocenters. The summed E-state index contributed by atoms with van der Waals surface area (Å²) in [4.78, 5) is 30.3. The predicted octanol–water partition coefficient (Wildman–Crippen LogP) is -0.120. The fraction of sp³-hybridized carbons (Fsp3) is 0.867. The number of hydrogen-bond donors (Lipinski definition) is 1. The topological polar surface area (TPSA) is 69.9 Å². The number of carbonyl (C=O) groups excluding carboxylic acids is 2. The molecule has 0 spiro atoms. The third-order valence-electron chi connectivity index (χ3n) is 4.42. The first-order chi connectivity index (χ1) is 10.1. The predicted molar refractivity (Wildman–Crippen MR) is 81.7 cm³/mol. The Kier molecular flexibility index (Phi) is 5.99. The number of likely N-dealkylation sites (tertiary alicyclic amines) is 1. The minimum absolute atomic E-state index is 0.0310. The number of rotatable bonds is 5. The highest BCUT2D eigenvalue weighted by atomic mass is 16.2. The zero-order chi connectivity index (χ0) is 15.2. The van der Waals surface area contributed by atoms with Crippen molar-refractivity contribution in [1.82, 2.24) is 14.7 Å². The summed E-state index contributed by atoms with van der Waals surface area (Å²) in [5.74, 6) is 0.227. The Morgan fingerprint density at radius 2 is 1.57 bits per heavy atom. The van der Waals surface area contributed by atoms with E-state index in [2.05, 4.69) is 4.90 Å². The summed E-state index contributed by atoms with van der Waals surface area (Å²) in [6, 6.07) is -0.387. The molecule has 0 bridgehead atoms. The summed E-state index contributed by atoms with van der Waals surface area (Å²) in [5, 5.41) is 0. The molecule has 0 aromatic carbocycles. The normalized spacial score (nSPS) is 21.6. The van der Waals surface area contributed by atoms with Crippen LogP contribution in [0.5, 0.6) is 0 Å². The van der Waals surface area contributed by atoms with Crippen molar-refractivity contribution < 1.29 is 9.59 Å². The maximum atomic E-state index is 12.2. The van der Waals surface area contributed by atoms with E-state index in [-0.39, 0.29) is 17.9 Å². The van der Waals surface area contributed by atoms with Crippen LogP contribution in [0.3, 0.4) is 0 Å². The molecule has 6 heteroatoms. The Balaban J connectivity index is 1.74. The second-order valence-electron chi connectivity index (χ2n) is 6.08. The van der Waals surface area contributed by atoms with Gasteiger partial charge < -0.3 is 15.5 Å². The average molecular weight is 296 g/mol. The van der Waals surface area contributed by atoms with Crippen LogP contribution in [0.1, 0.15) is 32.6 Å². The molecule has 2 amide bonds. The second-order valence-corrected chi connectivity index (χ2v) is 6.08. The number of nitrogens with two attached hydrogens (primary N) is 1. The minimum Gasteiger partial charge on any atom is -0.338 e. The molecule has 0 radical (unpaired) electrons. The van der Waals surface area contributed by atoms with Gasteiger partial charge in [-0.25, -0.2) is 0 Å². The molecule has 6 nitrogen and oxygen atoms in total. The monoisotopic (exact) mass is 296 g/mol. The molecule has 2 rings (SSSR count). The molecular weight excluding hydrogens is 268 g/mol. The lowest BCUT2D eigenvalue weighted by Gasteiger charge is -2.36. The van der Waals surface area contributed by atoms with E-state index < -0.39 is 0 Å². The number of amides is 2. The Hall–Kier alpha value is -1.14. The van der Waals surface area contributed by atoms with E-state index in [4.69, 9.17) is 5.73 Å². The quantitative estimate of drug-likeness (QED) is 0.768. The molecule has 0 aromatic rings. The fourth-order valence-electron chi connectivity index (χ4n) is 3.08. The highest BCUT2D eigenvalue weighted by Gasteiger charge is 2.27. The minimum atomic E-state index is -0.387. The summed E-state index contributed by atoms with van der Waals surface area (Å²) in [6.45, 7) is 7.13. The van der Waals surface area contributed by atoms with Crippen molar-refractivity contribution in [3.8, 4) is 0 Å². The van der Waals surface area contributed by atoms with E-state index in [9.17, 15) is 9.59 Å². The van der Waals surface area contributed by atoms with Crippen LogP contribution in [-0.4, -0.2) is 78.4 Å². The molecule has 0 saturated carbocycles. The SMILES string of the molecule is CCCC(N)C(=O)N1CCN(C(=O)CN2CCCC2)CC1. The third-order valence-corrected chi connectivity index (χ3v) is 4.42. The molecule has 0 aromatic heterocycles.